The smallest absolute Gasteiger partial charge is 0.418 e. The Balaban J connectivity index is 1.34. The number of aryl methyl sites for hydroxylation is 1. The minimum absolute atomic E-state index is 0.0147. The third-order valence-electron chi connectivity index (χ3n) is 6.91. The summed E-state index contributed by atoms with van der Waals surface area (Å²) < 4.78 is 11.2. The van der Waals surface area contributed by atoms with Gasteiger partial charge in [0, 0.05) is 37.2 Å². The molecule has 1 aromatic carbocycles. The van der Waals surface area contributed by atoms with Crippen LogP contribution in [0.3, 0.4) is 0 Å². The molecule has 3 saturated heterocycles. The van der Waals surface area contributed by atoms with E-state index in [0.717, 1.165) is 10.5 Å². The largest absolute Gasteiger partial charge is 0.427 e. The molecule has 4 atom stereocenters. The Morgan fingerprint density at radius 3 is 2.77 bits per heavy atom. The average Bonchev–Trinajstić information content (AvgIpc) is 3.46. The van der Waals surface area contributed by atoms with Crippen molar-refractivity contribution >= 4 is 29.6 Å². The van der Waals surface area contributed by atoms with Crippen molar-refractivity contribution in [2.75, 3.05) is 32.1 Å². The molecule has 1 aliphatic carbocycles. The lowest BCUT2D eigenvalue weighted by atomic mass is 9.94. The Labute approximate surface area is 178 Å². The number of ether oxygens (including phenoxy) is 2. The van der Waals surface area contributed by atoms with Crippen LogP contribution in [0.5, 0.6) is 0 Å². The Bertz CT molecular complexity index is 996. The molecule has 10 heteroatoms. The van der Waals surface area contributed by atoms with Gasteiger partial charge in [-0.2, -0.15) is 0 Å². The summed E-state index contributed by atoms with van der Waals surface area (Å²) in [6, 6.07) is 4.77. The maximum Gasteiger partial charge on any atom is 0.418 e. The highest BCUT2D eigenvalue weighted by Gasteiger charge is 2.59. The van der Waals surface area contributed by atoms with E-state index in [-0.39, 0.29) is 36.5 Å². The molecule has 0 unspecified atom stereocenters. The first kappa shape index (κ1) is 19.8. The van der Waals surface area contributed by atoms with Crippen molar-refractivity contribution in [1.82, 2.24) is 15.1 Å². The number of carbonyl (C=O) groups excluding carboxylic acids is 4. The summed E-state index contributed by atoms with van der Waals surface area (Å²) in [5.41, 5.74) is 0.606. The molecule has 164 valence electrons. The van der Waals surface area contributed by atoms with E-state index in [1.54, 1.807) is 23.1 Å². The first-order valence-electron chi connectivity index (χ1n) is 10.4. The number of hydrogen-bond donors (Lipinski definition) is 2. The van der Waals surface area contributed by atoms with Gasteiger partial charge in [0.1, 0.15) is 6.54 Å². The molecule has 1 aromatic rings. The van der Waals surface area contributed by atoms with Crippen LogP contribution in [0.1, 0.15) is 24.5 Å². The van der Waals surface area contributed by atoms with Gasteiger partial charge in [-0.25, -0.2) is 14.5 Å². The van der Waals surface area contributed by atoms with Crippen LogP contribution in [0.15, 0.2) is 18.2 Å². The lowest BCUT2D eigenvalue weighted by molar-refractivity contribution is -0.143. The summed E-state index contributed by atoms with van der Waals surface area (Å²) in [5, 5.41) is 5.17. The van der Waals surface area contributed by atoms with Crippen LogP contribution >= 0.6 is 0 Å². The van der Waals surface area contributed by atoms with Gasteiger partial charge in [-0.05, 0) is 24.1 Å². The van der Waals surface area contributed by atoms with Crippen molar-refractivity contribution in [2.45, 2.75) is 37.5 Å². The molecular weight excluding hydrogens is 404 g/mol. The Kier molecular flexibility index (Phi) is 4.44. The minimum atomic E-state index is -1.40. The fourth-order valence-electron chi connectivity index (χ4n) is 5.13. The minimum Gasteiger partial charge on any atom is -0.427 e. The Morgan fingerprint density at radius 2 is 2.10 bits per heavy atom. The third kappa shape index (κ3) is 2.88. The van der Waals surface area contributed by atoms with Gasteiger partial charge < -0.3 is 25.0 Å². The second-order valence-electron chi connectivity index (χ2n) is 8.51. The second-order valence-corrected chi connectivity index (χ2v) is 8.51. The summed E-state index contributed by atoms with van der Waals surface area (Å²) in [4.78, 5) is 53.0. The fraction of sp³-hybridized carbons (Fsp3) is 0.524. The van der Waals surface area contributed by atoms with Gasteiger partial charge in [-0.1, -0.05) is 13.0 Å². The predicted molar refractivity (Wildman–Crippen MR) is 107 cm³/mol. The molecule has 3 fully saturated rings. The Hall–Kier alpha value is -3.14. The second kappa shape index (κ2) is 6.94. The highest BCUT2D eigenvalue weighted by molar-refractivity contribution is 6.06. The van der Waals surface area contributed by atoms with Crippen molar-refractivity contribution < 1.29 is 28.7 Å². The predicted octanol–water partition coefficient (Wildman–Crippen LogP) is 0.804. The van der Waals surface area contributed by atoms with Gasteiger partial charge in [0.15, 0.2) is 0 Å². The highest BCUT2D eigenvalue weighted by Crippen LogP contribution is 2.46. The molecule has 3 heterocycles. The molecule has 4 aliphatic rings. The Morgan fingerprint density at radius 1 is 1.29 bits per heavy atom. The zero-order valence-electron chi connectivity index (χ0n) is 17.3. The van der Waals surface area contributed by atoms with Crippen molar-refractivity contribution in [3.8, 4) is 0 Å². The number of morpholine rings is 1. The SMILES string of the molecule is CNC(=O)Nc1ccc2c(c1)CC[C@@]21OC(=O)N(CC(=O)N2C[C@H]3OC[C@H]2[C@@H]3C)C1=O. The number of benzene rings is 1. The van der Waals surface area contributed by atoms with Gasteiger partial charge in [-0.15, -0.1) is 0 Å². The van der Waals surface area contributed by atoms with Crippen molar-refractivity contribution in [1.29, 1.82) is 0 Å². The van der Waals surface area contributed by atoms with Crippen LogP contribution in [0.25, 0.3) is 0 Å². The first-order chi connectivity index (χ1) is 14.8. The van der Waals surface area contributed by atoms with Crippen LogP contribution < -0.4 is 10.6 Å². The molecule has 31 heavy (non-hydrogen) atoms. The van der Waals surface area contributed by atoms with Crippen LogP contribution in [-0.4, -0.2) is 72.6 Å². The normalized spacial score (nSPS) is 30.7. The number of likely N-dealkylation sites (tertiary alicyclic amines) is 1. The van der Waals surface area contributed by atoms with E-state index in [2.05, 4.69) is 10.6 Å². The number of anilines is 1. The van der Waals surface area contributed by atoms with Crippen LogP contribution in [0, 0.1) is 5.92 Å². The lowest BCUT2D eigenvalue weighted by Crippen LogP contribution is -2.48. The monoisotopic (exact) mass is 428 g/mol. The summed E-state index contributed by atoms with van der Waals surface area (Å²) >= 11 is 0. The number of hydrogen-bond acceptors (Lipinski definition) is 6. The zero-order chi connectivity index (χ0) is 21.9. The van der Waals surface area contributed by atoms with E-state index in [4.69, 9.17) is 9.47 Å². The van der Waals surface area contributed by atoms with Crippen LogP contribution in [-0.2, 0) is 31.1 Å². The molecule has 10 nitrogen and oxygen atoms in total. The summed E-state index contributed by atoms with van der Waals surface area (Å²) in [7, 11) is 1.52. The first-order valence-corrected chi connectivity index (χ1v) is 10.4. The third-order valence-corrected chi connectivity index (χ3v) is 6.91. The topological polar surface area (TPSA) is 117 Å². The quantitative estimate of drug-likeness (QED) is 0.736. The molecule has 0 radical (unpaired) electrons. The molecule has 3 aliphatic heterocycles. The number of nitrogens with one attached hydrogen (secondary N) is 2. The van der Waals surface area contributed by atoms with Gasteiger partial charge in [0.05, 0.1) is 18.8 Å². The van der Waals surface area contributed by atoms with Crippen molar-refractivity contribution in [3.63, 3.8) is 0 Å². The van der Waals surface area contributed by atoms with Crippen molar-refractivity contribution in [2.24, 2.45) is 5.92 Å². The molecular formula is C21H24N4O6. The summed E-state index contributed by atoms with van der Waals surface area (Å²) in [6.45, 7) is 2.68. The molecule has 2 bridgehead atoms. The molecule has 0 saturated carbocycles. The molecule has 5 amide bonds. The number of amides is 5. The molecule has 1 spiro atoms. The zero-order valence-corrected chi connectivity index (χ0v) is 17.3. The van der Waals surface area contributed by atoms with Crippen LogP contribution in [0.4, 0.5) is 15.3 Å². The van der Waals surface area contributed by atoms with E-state index in [9.17, 15) is 19.2 Å². The van der Waals surface area contributed by atoms with Gasteiger partial charge in [0.25, 0.3) is 5.91 Å². The number of nitrogens with zero attached hydrogens (tertiary/aromatic N) is 2. The molecule has 0 aromatic heterocycles. The lowest BCUT2D eigenvalue weighted by Gasteiger charge is -2.28. The summed E-state index contributed by atoms with van der Waals surface area (Å²) in [5.74, 6) is -0.533. The molecule has 5 rings (SSSR count). The summed E-state index contributed by atoms with van der Waals surface area (Å²) in [6.07, 6.45) is 0.0398. The number of imide groups is 1. The van der Waals surface area contributed by atoms with E-state index in [1.807, 2.05) is 6.92 Å². The standard InChI is InChI=1S/C21H24N4O6/c1-11-15-10-30-16(11)8-24(15)17(26)9-25-18(27)21(31-20(25)29)6-5-12-7-13(3-4-14(12)21)23-19(28)22-2/h3-4,7,11,15-16H,5-6,8-10H2,1-2H3,(H2,22,23,28)/t11-,15-,16+,21+/m0/s1. The van der Waals surface area contributed by atoms with Crippen LogP contribution in [0.2, 0.25) is 0 Å². The average molecular weight is 428 g/mol. The van der Waals surface area contributed by atoms with Gasteiger partial charge in [-0.3, -0.25) is 9.59 Å². The fourth-order valence-corrected chi connectivity index (χ4v) is 5.13. The maximum atomic E-state index is 13.3. The number of carbonyl (C=O) groups is 4. The number of fused-ring (bicyclic) bond motifs is 4. The number of rotatable bonds is 3. The van der Waals surface area contributed by atoms with Crippen molar-refractivity contribution in [3.05, 3.63) is 29.3 Å². The van der Waals surface area contributed by atoms with Gasteiger partial charge in [0.2, 0.25) is 11.5 Å². The van der Waals surface area contributed by atoms with E-state index in [0.29, 0.717) is 37.2 Å². The van der Waals surface area contributed by atoms with E-state index < -0.39 is 17.6 Å². The highest BCUT2D eigenvalue weighted by atomic mass is 16.6. The maximum absolute atomic E-state index is 13.3. The van der Waals surface area contributed by atoms with E-state index >= 15 is 0 Å². The van der Waals surface area contributed by atoms with Gasteiger partial charge >= 0.3 is 12.1 Å². The molecule has 2 N–H and O–H groups in total. The number of urea groups is 1. The van der Waals surface area contributed by atoms with E-state index in [1.165, 1.54) is 7.05 Å².